The summed E-state index contributed by atoms with van der Waals surface area (Å²) in [7, 11) is 0. The molecule has 3 nitrogen and oxygen atoms in total. The van der Waals surface area contributed by atoms with Crippen molar-refractivity contribution in [3.8, 4) is 16.9 Å². The van der Waals surface area contributed by atoms with E-state index in [1.165, 1.54) is 6.07 Å². The third kappa shape index (κ3) is 4.25. The van der Waals surface area contributed by atoms with E-state index in [1.54, 1.807) is 30.3 Å². The van der Waals surface area contributed by atoms with E-state index in [9.17, 15) is 13.6 Å². The number of carbonyl (C=O) groups excluding carboxylic acids is 1. The zero-order valence-electron chi connectivity index (χ0n) is 13.9. The summed E-state index contributed by atoms with van der Waals surface area (Å²) in [5, 5.41) is 2.78. The van der Waals surface area contributed by atoms with E-state index in [-0.39, 0.29) is 18.2 Å². The maximum atomic E-state index is 12.6. The lowest BCUT2D eigenvalue weighted by molar-refractivity contribution is -0.0504. The number of rotatable bonds is 6. The van der Waals surface area contributed by atoms with Gasteiger partial charge in [-0.2, -0.15) is 8.78 Å². The highest BCUT2D eigenvalue weighted by atomic mass is 19.3. The average molecular weight is 353 g/mol. The van der Waals surface area contributed by atoms with Gasteiger partial charge in [0.05, 0.1) is 0 Å². The largest absolute Gasteiger partial charge is 0.434 e. The summed E-state index contributed by atoms with van der Waals surface area (Å²) in [5.74, 6) is -0.226. The number of amides is 1. The fourth-order valence-electron chi connectivity index (χ4n) is 2.68. The number of carbonyl (C=O) groups is 1. The summed E-state index contributed by atoms with van der Waals surface area (Å²) in [5.41, 5.74) is 2.74. The van der Waals surface area contributed by atoms with Gasteiger partial charge < -0.3 is 10.1 Å². The molecular weight excluding hydrogens is 336 g/mol. The molecule has 3 aromatic rings. The first kappa shape index (κ1) is 17.6. The predicted octanol–water partition coefficient (Wildman–Crippen LogP) is 4.89. The van der Waals surface area contributed by atoms with Crippen LogP contribution in [-0.2, 0) is 6.54 Å². The van der Waals surface area contributed by atoms with Gasteiger partial charge in [-0.25, -0.2) is 0 Å². The molecule has 0 aliphatic carbocycles. The van der Waals surface area contributed by atoms with Gasteiger partial charge in [0.1, 0.15) is 5.75 Å². The van der Waals surface area contributed by atoms with E-state index in [0.29, 0.717) is 11.1 Å². The zero-order chi connectivity index (χ0) is 18.4. The van der Waals surface area contributed by atoms with Crippen LogP contribution in [0.1, 0.15) is 15.9 Å². The molecule has 0 aliphatic heterocycles. The van der Waals surface area contributed by atoms with E-state index in [4.69, 9.17) is 0 Å². The zero-order valence-corrected chi connectivity index (χ0v) is 13.9. The smallest absolute Gasteiger partial charge is 0.387 e. The Morgan fingerprint density at radius 1 is 0.885 bits per heavy atom. The first-order chi connectivity index (χ1) is 12.6. The summed E-state index contributed by atoms with van der Waals surface area (Å²) in [4.78, 5) is 12.6. The molecule has 0 fully saturated rings. The maximum absolute atomic E-state index is 12.6. The van der Waals surface area contributed by atoms with Crippen molar-refractivity contribution < 1.29 is 18.3 Å². The Morgan fingerprint density at radius 3 is 2.31 bits per heavy atom. The van der Waals surface area contributed by atoms with Gasteiger partial charge in [0.2, 0.25) is 0 Å². The molecule has 0 aliphatic rings. The molecule has 1 N–H and O–H groups in total. The van der Waals surface area contributed by atoms with Crippen molar-refractivity contribution >= 4 is 5.91 Å². The molecule has 132 valence electrons. The molecule has 0 atom stereocenters. The maximum Gasteiger partial charge on any atom is 0.387 e. The fourth-order valence-corrected chi connectivity index (χ4v) is 2.68. The topological polar surface area (TPSA) is 38.3 Å². The number of nitrogens with one attached hydrogen (secondary N) is 1. The summed E-state index contributed by atoms with van der Waals surface area (Å²) < 4.78 is 29.5. The molecule has 0 saturated carbocycles. The molecule has 1 amide bonds. The SMILES string of the molecule is O=C(NCc1ccccc1OC(F)F)c1ccccc1-c1ccccc1. The summed E-state index contributed by atoms with van der Waals surface area (Å²) >= 11 is 0. The van der Waals surface area contributed by atoms with E-state index in [1.807, 2.05) is 42.5 Å². The van der Waals surface area contributed by atoms with Gasteiger partial charge in [0, 0.05) is 17.7 Å². The van der Waals surface area contributed by atoms with Crippen LogP contribution in [0.15, 0.2) is 78.9 Å². The summed E-state index contributed by atoms with van der Waals surface area (Å²) in [6.45, 7) is -2.82. The first-order valence-electron chi connectivity index (χ1n) is 8.10. The second-order valence-corrected chi connectivity index (χ2v) is 5.58. The highest BCUT2D eigenvalue weighted by Gasteiger charge is 2.14. The lowest BCUT2D eigenvalue weighted by Gasteiger charge is -2.13. The van der Waals surface area contributed by atoms with Crippen molar-refractivity contribution in [2.24, 2.45) is 0 Å². The molecule has 0 saturated heterocycles. The normalized spacial score (nSPS) is 10.6. The Hall–Kier alpha value is -3.21. The molecule has 0 radical (unpaired) electrons. The standard InChI is InChI=1S/C21H17F2NO2/c22-21(23)26-19-13-7-4-10-16(19)14-24-20(25)18-12-6-5-11-17(18)15-8-2-1-3-9-15/h1-13,21H,14H2,(H,24,25). The van der Waals surface area contributed by atoms with Gasteiger partial charge in [0.25, 0.3) is 5.91 Å². The monoisotopic (exact) mass is 353 g/mol. The highest BCUT2D eigenvalue weighted by Crippen LogP contribution is 2.24. The molecule has 0 aromatic heterocycles. The number of ether oxygens (including phenoxy) is 1. The van der Waals surface area contributed by atoms with Gasteiger partial charge in [-0.05, 0) is 23.3 Å². The lowest BCUT2D eigenvalue weighted by atomic mass is 9.99. The molecule has 5 heteroatoms. The molecule has 0 bridgehead atoms. The van der Waals surface area contributed by atoms with Crippen molar-refractivity contribution in [3.63, 3.8) is 0 Å². The predicted molar refractivity (Wildman–Crippen MR) is 96.1 cm³/mol. The Balaban J connectivity index is 1.78. The number of benzene rings is 3. The van der Waals surface area contributed by atoms with Crippen LogP contribution in [0.5, 0.6) is 5.75 Å². The highest BCUT2D eigenvalue weighted by molar-refractivity contribution is 6.00. The van der Waals surface area contributed by atoms with Crippen LogP contribution < -0.4 is 10.1 Å². The van der Waals surface area contributed by atoms with E-state index in [0.717, 1.165) is 11.1 Å². The van der Waals surface area contributed by atoms with E-state index >= 15 is 0 Å². The number of para-hydroxylation sites is 1. The number of alkyl halides is 2. The van der Waals surface area contributed by atoms with E-state index in [2.05, 4.69) is 10.1 Å². The van der Waals surface area contributed by atoms with Crippen LogP contribution in [0.2, 0.25) is 0 Å². The third-order valence-corrected chi connectivity index (χ3v) is 3.88. The van der Waals surface area contributed by atoms with Gasteiger partial charge >= 0.3 is 6.61 Å². The summed E-state index contributed by atoms with van der Waals surface area (Å²) in [6.07, 6.45) is 0. The van der Waals surface area contributed by atoms with Gasteiger partial charge in [-0.15, -0.1) is 0 Å². The molecule has 26 heavy (non-hydrogen) atoms. The third-order valence-electron chi connectivity index (χ3n) is 3.88. The van der Waals surface area contributed by atoms with Crippen LogP contribution in [0.3, 0.4) is 0 Å². The quantitative estimate of drug-likeness (QED) is 0.685. The minimum absolute atomic E-state index is 0.0548. The lowest BCUT2D eigenvalue weighted by Crippen LogP contribution is -2.24. The van der Waals surface area contributed by atoms with Crippen LogP contribution in [0.4, 0.5) is 8.78 Å². The van der Waals surface area contributed by atoms with Crippen molar-refractivity contribution in [2.75, 3.05) is 0 Å². The van der Waals surface area contributed by atoms with Crippen LogP contribution >= 0.6 is 0 Å². The Kier molecular flexibility index (Phi) is 5.59. The molecular formula is C21H17F2NO2. The number of hydrogen-bond donors (Lipinski definition) is 1. The molecule has 0 spiro atoms. The van der Waals surface area contributed by atoms with Gasteiger partial charge in [-0.3, -0.25) is 4.79 Å². The van der Waals surface area contributed by atoms with Gasteiger partial charge in [-0.1, -0.05) is 66.7 Å². The Morgan fingerprint density at radius 2 is 1.54 bits per heavy atom. The van der Waals surface area contributed by atoms with Gasteiger partial charge in [0.15, 0.2) is 0 Å². The fraction of sp³-hybridized carbons (Fsp3) is 0.0952. The average Bonchev–Trinajstić information content (AvgIpc) is 2.67. The van der Waals surface area contributed by atoms with Crippen LogP contribution in [0.25, 0.3) is 11.1 Å². The number of hydrogen-bond acceptors (Lipinski definition) is 2. The molecule has 0 heterocycles. The second-order valence-electron chi connectivity index (χ2n) is 5.58. The molecule has 3 aromatic carbocycles. The summed E-state index contributed by atoms with van der Waals surface area (Å²) in [6, 6.07) is 23.2. The van der Waals surface area contributed by atoms with E-state index < -0.39 is 6.61 Å². The second kappa shape index (κ2) is 8.25. The number of halogens is 2. The molecule has 0 unspecified atom stereocenters. The van der Waals surface area contributed by atoms with Crippen molar-refractivity contribution in [1.29, 1.82) is 0 Å². The van der Waals surface area contributed by atoms with Crippen molar-refractivity contribution in [1.82, 2.24) is 5.32 Å². The minimum atomic E-state index is -2.91. The van der Waals surface area contributed by atoms with Crippen molar-refractivity contribution in [2.45, 2.75) is 13.2 Å². The first-order valence-corrected chi connectivity index (χ1v) is 8.10. The Labute approximate surface area is 150 Å². The minimum Gasteiger partial charge on any atom is -0.434 e. The van der Waals surface area contributed by atoms with Crippen LogP contribution in [-0.4, -0.2) is 12.5 Å². The van der Waals surface area contributed by atoms with Crippen molar-refractivity contribution in [3.05, 3.63) is 90.0 Å². The Bertz CT molecular complexity index is 882. The van der Waals surface area contributed by atoms with Crippen LogP contribution in [0, 0.1) is 0 Å². The molecule has 3 rings (SSSR count).